The summed E-state index contributed by atoms with van der Waals surface area (Å²) in [6.45, 7) is 2.62. The van der Waals surface area contributed by atoms with Gasteiger partial charge in [-0.3, -0.25) is 4.79 Å². The van der Waals surface area contributed by atoms with Crippen LogP contribution in [0.2, 0.25) is 0 Å². The zero-order valence-corrected chi connectivity index (χ0v) is 14.4. The zero-order chi connectivity index (χ0) is 18.1. The number of fused-ring (bicyclic) bond motifs is 1. The maximum atomic E-state index is 12.4. The fraction of sp³-hybridized carbons (Fsp3) is 0.316. The molecule has 2 aromatic carbocycles. The molecule has 2 unspecified atom stereocenters. The van der Waals surface area contributed by atoms with Crippen LogP contribution in [-0.2, 0) is 11.3 Å². The van der Waals surface area contributed by atoms with Crippen molar-refractivity contribution in [1.29, 1.82) is 0 Å². The van der Waals surface area contributed by atoms with E-state index in [1.165, 1.54) is 0 Å². The van der Waals surface area contributed by atoms with Gasteiger partial charge in [0.25, 0.3) is 0 Å². The molecule has 7 heteroatoms. The Morgan fingerprint density at radius 1 is 1.19 bits per heavy atom. The van der Waals surface area contributed by atoms with E-state index in [-0.39, 0.29) is 30.5 Å². The van der Waals surface area contributed by atoms with E-state index in [1.807, 2.05) is 37.3 Å². The maximum absolute atomic E-state index is 12.4. The quantitative estimate of drug-likeness (QED) is 0.667. The number of hydrogen-bond donors (Lipinski definition) is 4. The number of benzene rings is 2. The van der Waals surface area contributed by atoms with Crippen molar-refractivity contribution in [3.05, 3.63) is 53.1 Å². The van der Waals surface area contributed by atoms with E-state index in [2.05, 4.69) is 16.2 Å². The van der Waals surface area contributed by atoms with Crippen molar-refractivity contribution in [1.82, 2.24) is 16.2 Å². The molecule has 0 aromatic heterocycles. The number of ether oxygens (including phenoxy) is 2. The van der Waals surface area contributed by atoms with Crippen LogP contribution in [-0.4, -0.2) is 23.8 Å². The van der Waals surface area contributed by atoms with E-state index < -0.39 is 0 Å². The second kappa shape index (κ2) is 6.86. The van der Waals surface area contributed by atoms with Crippen molar-refractivity contribution < 1.29 is 19.4 Å². The molecule has 0 aliphatic carbocycles. The molecule has 1 amide bonds. The van der Waals surface area contributed by atoms with Crippen molar-refractivity contribution in [2.24, 2.45) is 0 Å². The summed E-state index contributed by atoms with van der Waals surface area (Å²) >= 11 is 0. The number of aromatic hydroxyl groups is 1. The van der Waals surface area contributed by atoms with Crippen molar-refractivity contribution in [3.63, 3.8) is 0 Å². The number of nitrogens with one attached hydrogen (secondary N) is 3. The Labute approximate surface area is 151 Å². The first-order chi connectivity index (χ1) is 12.6. The van der Waals surface area contributed by atoms with Gasteiger partial charge in [0.2, 0.25) is 12.7 Å². The number of hydrazine groups is 1. The summed E-state index contributed by atoms with van der Waals surface area (Å²) in [7, 11) is 0. The van der Waals surface area contributed by atoms with Gasteiger partial charge < -0.3 is 19.9 Å². The van der Waals surface area contributed by atoms with Crippen LogP contribution < -0.4 is 25.6 Å². The minimum absolute atomic E-state index is 0.0928. The molecule has 0 saturated carbocycles. The van der Waals surface area contributed by atoms with Crippen molar-refractivity contribution in [3.8, 4) is 17.2 Å². The number of phenolic OH excluding ortho intramolecular Hbond substituents is 1. The Kier molecular flexibility index (Phi) is 4.40. The number of amides is 1. The first-order valence-corrected chi connectivity index (χ1v) is 8.57. The molecule has 136 valence electrons. The lowest BCUT2D eigenvalue weighted by Gasteiger charge is -2.13. The first kappa shape index (κ1) is 16.7. The summed E-state index contributed by atoms with van der Waals surface area (Å²) in [4.78, 5) is 12.4. The molecule has 2 aliphatic rings. The summed E-state index contributed by atoms with van der Waals surface area (Å²) in [6, 6.07) is 10.6. The fourth-order valence-corrected chi connectivity index (χ4v) is 3.25. The van der Waals surface area contributed by atoms with Crippen LogP contribution in [0.25, 0.3) is 0 Å². The predicted octanol–water partition coefficient (Wildman–Crippen LogP) is 1.65. The van der Waals surface area contributed by atoms with E-state index in [0.717, 1.165) is 22.4 Å². The van der Waals surface area contributed by atoms with Crippen LogP contribution in [0.4, 0.5) is 0 Å². The molecule has 0 radical (unpaired) electrons. The lowest BCUT2D eigenvalue weighted by Crippen LogP contribution is -2.42. The van der Waals surface area contributed by atoms with Gasteiger partial charge in [0, 0.05) is 12.1 Å². The third-order valence-corrected chi connectivity index (χ3v) is 4.68. The van der Waals surface area contributed by atoms with E-state index in [0.29, 0.717) is 18.7 Å². The lowest BCUT2D eigenvalue weighted by atomic mass is 9.99. The highest BCUT2D eigenvalue weighted by molar-refractivity contribution is 5.82. The van der Waals surface area contributed by atoms with E-state index in [1.54, 1.807) is 6.07 Å². The molecule has 2 aromatic rings. The molecule has 1 fully saturated rings. The predicted molar refractivity (Wildman–Crippen MR) is 94.7 cm³/mol. The topological polar surface area (TPSA) is 91.9 Å². The molecule has 26 heavy (non-hydrogen) atoms. The molecular formula is C19H21N3O4. The highest BCUT2D eigenvalue weighted by Gasteiger charge is 2.31. The standard InChI is InChI=1S/C19H21N3O4/c1-11-2-4-16(23)13(6-11)14-8-15(22-21-14)19(24)20-9-12-3-5-17-18(7-12)26-10-25-17/h2-7,14-15,21-23H,8-10H2,1H3,(H,20,24). The Bertz CT molecular complexity index is 840. The third kappa shape index (κ3) is 3.31. The zero-order valence-electron chi connectivity index (χ0n) is 14.4. The fourth-order valence-electron chi connectivity index (χ4n) is 3.25. The molecule has 4 rings (SSSR count). The third-order valence-electron chi connectivity index (χ3n) is 4.68. The summed E-state index contributed by atoms with van der Waals surface area (Å²) < 4.78 is 10.6. The van der Waals surface area contributed by atoms with E-state index >= 15 is 0 Å². The van der Waals surface area contributed by atoms with Gasteiger partial charge in [-0.2, -0.15) is 0 Å². The average Bonchev–Trinajstić information content (AvgIpc) is 3.30. The van der Waals surface area contributed by atoms with Gasteiger partial charge in [-0.15, -0.1) is 0 Å². The van der Waals surface area contributed by atoms with Gasteiger partial charge in [0.15, 0.2) is 11.5 Å². The number of aryl methyl sites for hydroxylation is 1. The lowest BCUT2D eigenvalue weighted by molar-refractivity contribution is -0.123. The van der Waals surface area contributed by atoms with E-state index in [4.69, 9.17) is 9.47 Å². The largest absolute Gasteiger partial charge is 0.508 e. The van der Waals surface area contributed by atoms with Gasteiger partial charge in [-0.1, -0.05) is 23.8 Å². The molecule has 2 aliphatic heterocycles. The second-order valence-corrected chi connectivity index (χ2v) is 6.60. The molecule has 4 N–H and O–H groups in total. The minimum atomic E-state index is -0.367. The van der Waals surface area contributed by atoms with Crippen molar-refractivity contribution in [2.75, 3.05) is 6.79 Å². The second-order valence-electron chi connectivity index (χ2n) is 6.60. The van der Waals surface area contributed by atoms with Gasteiger partial charge in [0.05, 0.1) is 6.04 Å². The highest BCUT2D eigenvalue weighted by atomic mass is 16.7. The molecule has 2 atom stereocenters. The molecule has 2 heterocycles. The number of hydrogen-bond acceptors (Lipinski definition) is 6. The van der Waals surface area contributed by atoms with Gasteiger partial charge in [0.1, 0.15) is 11.8 Å². The van der Waals surface area contributed by atoms with Crippen molar-refractivity contribution in [2.45, 2.75) is 32.0 Å². The molecule has 7 nitrogen and oxygen atoms in total. The van der Waals surface area contributed by atoms with Gasteiger partial charge in [-0.05, 0) is 37.1 Å². The molecular weight excluding hydrogens is 334 g/mol. The Morgan fingerprint density at radius 3 is 2.92 bits per heavy atom. The minimum Gasteiger partial charge on any atom is -0.508 e. The summed E-state index contributed by atoms with van der Waals surface area (Å²) in [6.07, 6.45) is 0.560. The van der Waals surface area contributed by atoms with Gasteiger partial charge in [-0.25, -0.2) is 10.9 Å². The normalized spacial score (nSPS) is 21.0. The van der Waals surface area contributed by atoms with Crippen molar-refractivity contribution >= 4 is 5.91 Å². The Balaban J connectivity index is 1.35. The molecule has 0 spiro atoms. The van der Waals surface area contributed by atoms with Crippen LogP contribution in [0.5, 0.6) is 17.2 Å². The van der Waals surface area contributed by atoms with Crippen LogP contribution in [0.3, 0.4) is 0 Å². The smallest absolute Gasteiger partial charge is 0.238 e. The number of carbonyl (C=O) groups is 1. The maximum Gasteiger partial charge on any atom is 0.238 e. The number of phenols is 1. The Morgan fingerprint density at radius 2 is 2.04 bits per heavy atom. The molecule has 0 bridgehead atoms. The average molecular weight is 355 g/mol. The number of rotatable bonds is 4. The van der Waals surface area contributed by atoms with Crippen LogP contribution in [0.1, 0.15) is 29.2 Å². The van der Waals surface area contributed by atoms with Crippen LogP contribution in [0, 0.1) is 6.92 Å². The van der Waals surface area contributed by atoms with Gasteiger partial charge >= 0.3 is 0 Å². The first-order valence-electron chi connectivity index (χ1n) is 8.57. The summed E-state index contributed by atoms with van der Waals surface area (Å²) in [5.74, 6) is 1.57. The van der Waals surface area contributed by atoms with Crippen LogP contribution >= 0.6 is 0 Å². The SMILES string of the molecule is Cc1ccc(O)c(C2CC(C(=O)NCc3ccc4c(c3)OCO4)NN2)c1. The monoisotopic (exact) mass is 355 g/mol. The van der Waals surface area contributed by atoms with E-state index in [9.17, 15) is 9.90 Å². The summed E-state index contributed by atoms with van der Waals surface area (Å²) in [5, 5.41) is 13.0. The Hall–Kier alpha value is -2.77. The number of carbonyl (C=O) groups excluding carboxylic acids is 1. The summed E-state index contributed by atoms with van der Waals surface area (Å²) in [5.41, 5.74) is 8.91. The van der Waals surface area contributed by atoms with Crippen LogP contribution in [0.15, 0.2) is 36.4 Å². The molecule has 1 saturated heterocycles. The highest BCUT2D eigenvalue weighted by Crippen LogP contribution is 2.33.